The number of halogens is 1. The predicted molar refractivity (Wildman–Crippen MR) is 215 cm³/mol. The van der Waals surface area contributed by atoms with Crippen LogP contribution in [-0.4, -0.2) is 70.9 Å². The highest BCUT2D eigenvalue weighted by Crippen LogP contribution is 2.15. The Morgan fingerprint density at radius 3 is 0.521 bits per heavy atom. The van der Waals surface area contributed by atoms with E-state index in [2.05, 4.69) is 56.1 Å². The Kier molecular flexibility index (Phi) is 51.7. The topological polar surface area (TPSA) is 23.1 Å². The molecule has 0 saturated heterocycles. The Balaban J connectivity index is -0.000000365. The molecule has 0 spiro atoms. The van der Waals surface area contributed by atoms with Crippen molar-refractivity contribution in [1.29, 1.82) is 0 Å². The van der Waals surface area contributed by atoms with Gasteiger partial charge in [-0.2, -0.15) is 0 Å². The molecule has 0 amide bonds. The van der Waals surface area contributed by atoms with Crippen LogP contribution in [0.4, 0.5) is 0 Å². The lowest BCUT2D eigenvalue weighted by atomic mass is 10.0. The van der Waals surface area contributed by atoms with Gasteiger partial charge in [-0.15, -0.1) is 6.61 Å². The summed E-state index contributed by atoms with van der Waals surface area (Å²) in [4.78, 5) is 0. The Hall–Kier alpha value is 0.170. The third-order valence-corrected chi connectivity index (χ3v) is 9.36. The van der Waals surface area contributed by atoms with Crippen LogP contribution in [0.15, 0.2) is 0 Å². The minimum Gasteiger partial charge on any atom is -1.00 e. The van der Waals surface area contributed by atoms with Gasteiger partial charge >= 0.3 is 0 Å². The largest absolute Gasteiger partial charge is 1.00 e. The Bertz CT molecular complexity index is 483. The van der Waals surface area contributed by atoms with Gasteiger partial charge in [-0.1, -0.05) is 201 Å². The standard InChI is InChI=1S/2C21H46N.C2H5O.ClH/c2*1-5-6-7-8-9-10-11-12-13-14-15-16-17-18-19-20-21-22(2,3)4;1-2-3;/h2*5-21H2,1-4H3;2H2,1H3;1H/q2*+1;-1;/p-1. The number of quaternary nitrogens is 2. The minimum atomic E-state index is 0. The highest BCUT2D eigenvalue weighted by Gasteiger charge is 2.06. The van der Waals surface area contributed by atoms with Crippen LogP contribution in [0.25, 0.3) is 0 Å². The molecule has 0 saturated carbocycles. The van der Waals surface area contributed by atoms with Crippen molar-refractivity contribution in [3.8, 4) is 0 Å². The Morgan fingerprint density at radius 2 is 0.396 bits per heavy atom. The number of rotatable bonds is 34. The van der Waals surface area contributed by atoms with E-state index in [-0.39, 0.29) is 19.0 Å². The average molecular weight is 706 g/mol. The summed E-state index contributed by atoms with van der Waals surface area (Å²) in [5.41, 5.74) is 0. The molecule has 0 aliphatic carbocycles. The molecule has 0 fully saturated rings. The molecule has 0 unspecified atom stereocenters. The fraction of sp³-hybridized carbons (Fsp3) is 1.00. The molecule has 4 heteroatoms. The van der Waals surface area contributed by atoms with Gasteiger partial charge in [-0.3, -0.25) is 0 Å². The molecular formula is C44H97ClN2O. The first-order valence-electron chi connectivity index (χ1n) is 21.7. The van der Waals surface area contributed by atoms with E-state index in [0.29, 0.717) is 0 Å². The summed E-state index contributed by atoms with van der Waals surface area (Å²) in [6.45, 7) is 8.83. The molecule has 0 bridgehead atoms. The fourth-order valence-corrected chi connectivity index (χ4v) is 6.27. The van der Waals surface area contributed by atoms with Crippen LogP contribution in [0.2, 0.25) is 0 Å². The third kappa shape index (κ3) is 64.7. The summed E-state index contributed by atoms with van der Waals surface area (Å²) in [5.74, 6) is 0. The van der Waals surface area contributed by atoms with Gasteiger partial charge in [0.15, 0.2) is 0 Å². The lowest BCUT2D eigenvalue weighted by molar-refractivity contribution is -0.870. The van der Waals surface area contributed by atoms with Crippen molar-refractivity contribution in [1.82, 2.24) is 0 Å². The summed E-state index contributed by atoms with van der Waals surface area (Å²) in [6.07, 6.45) is 46.7. The molecule has 0 atom stereocenters. The number of unbranched alkanes of at least 4 members (excludes halogenated alkanes) is 30. The van der Waals surface area contributed by atoms with Crippen LogP contribution in [-0.2, 0) is 0 Å². The first-order valence-corrected chi connectivity index (χ1v) is 21.7. The van der Waals surface area contributed by atoms with Gasteiger partial charge in [-0.25, -0.2) is 0 Å². The van der Waals surface area contributed by atoms with E-state index in [1.54, 1.807) is 6.92 Å². The zero-order valence-corrected chi connectivity index (χ0v) is 36.2. The van der Waals surface area contributed by atoms with Gasteiger partial charge in [-0.05, 0) is 25.7 Å². The summed E-state index contributed by atoms with van der Waals surface area (Å²) in [5, 5.41) is 8.93. The van der Waals surface area contributed by atoms with Crippen molar-refractivity contribution in [2.24, 2.45) is 0 Å². The second-order valence-electron chi connectivity index (χ2n) is 16.9. The first-order chi connectivity index (χ1) is 22.5. The van der Waals surface area contributed by atoms with Gasteiger partial charge < -0.3 is 26.5 Å². The summed E-state index contributed by atoms with van der Waals surface area (Å²) in [6, 6.07) is 0. The van der Waals surface area contributed by atoms with Crippen LogP contribution in [0.3, 0.4) is 0 Å². The molecule has 0 radical (unpaired) electrons. The van der Waals surface area contributed by atoms with Crippen molar-refractivity contribution in [2.75, 3.05) is 62.0 Å². The molecule has 0 N–H and O–H groups in total. The highest BCUT2D eigenvalue weighted by atomic mass is 35.5. The zero-order chi connectivity index (χ0) is 35.7. The lowest BCUT2D eigenvalue weighted by Crippen LogP contribution is -3.00. The highest BCUT2D eigenvalue weighted by molar-refractivity contribution is 4.51. The first kappa shape index (κ1) is 54.9. The molecule has 296 valence electrons. The zero-order valence-electron chi connectivity index (χ0n) is 35.4. The fourth-order valence-electron chi connectivity index (χ4n) is 6.27. The van der Waals surface area contributed by atoms with Gasteiger partial charge in [0.25, 0.3) is 0 Å². The normalized spacial score (nSPS) is 11.4. The monoisotopic (exact) mass is 705 g/mol. The number of hydrogen-bond acceptors (Lipinski definition) is 1. The number of nitrogens with zero attached hydrogens (tertiary/aromatic N) is 2. The van der Waals surface area contributed by atoms with Crippen LogP contribution in [0, 0.1) is 0 Å². The van der Waals surface area contributed by atoms with Gasteiger partial charge in [0.05, 0.1) is 55.4 Å². The van der Waals surface area contributed by atoms with E-state index in [9.17, 15) is 0 Å². The second-order valence-corrected chi connectivity index (χ2v) is 16.9. The van der Waals surface area contributed by atoms with Crippen LogP contribution < -0.4 is 17.5 Å². The molecule has 0 aromatic heterocycles. The predicted octanol–water partition coefficient (Wildman–Crippen LogP) is 10.3. The molecule has 0 aromatic carbocycles. The van der Waals surface area contributed by atoms with E-state index in [0.717, 1.165) is 8.97 Å². The summed E-state index contributed by atoms with van der Waals surface area (Å²) < 4.78 is 2.25. The van der Waals surface area contributed by atoms with E-state index < -0.39 is 0 Å². The van der Waals surface area contributed by atoms with Crippen LogP contribution in [0.5, 0.6) is 0 Å². The summed E-state index contributed by atoms with van der Waals surface area (Å²) in [7, 11) is 13.8. The summed E-state index contributed by atoms with van der Waals surface area (Å²) >= 11 is 0. The van der Waals surface area contributed by atoms with E-state index in [1.165, 1.54) is 219 Å². The molecule has 0 heterocycles. The molecule has 0 aliphatic heterocycles. The molecular weight excluding hydrogens is 608 g/mol. The average Bonchev–Trinajstić information content (AvgIpc) is 3.00. The van der Waals surface area contributed by atoms with E-state index in [4.69, 9.17) is 5.11 Å². The Morgan fingerprint density at radius 1 is 0.271 bits per heavy atom. The van der Waals surface area contributed by atoms with Crippen molar-refractivity contribution < 1.29 is 26.5 Å². The maximum Gasteiger partial charge on any atom is 0.0780 e. The molecule has 48 heavy (non-hydrogen) atoms. The maximum atomic E-state index is 8.93. The minimum absolute atomic E-state index is 0. The molecule has 3 nitrogen and oxygen atoms in total. The lowest BCUT2D eigenvalue weighted by Gasteiger charge is -2.23. The van der Waals surface area contributed by atoms with Gasteiger partial charge in [0, 0.05) is 0 Å². The molecule has 0 aromatic rings. The van der Waals surface area contributed by atoms with E-state index in [1.807, 2.05) is 0 Å². The quantitative estimate of drug-likeness (QED) is 0.0483. The van der Waals surface area contributed by atoms with Crippen molar-refractivity contribution in [3.63, 3.8) is 0 Å². The number of hydrogen-bond donors (Lipinski definition) is 0. The van der Waals surface area contributed by atoms with Gasteiger partial charge in [0.1, 0.15) is 0 Å². The third-order valence-electron chi connectivity index (χ3n) is 9.36. The van der Waals surface area contributed by atoms with E-state index >= 15 is 0 Å². The van der Waals surface area contributed by atoms with Crippen molar-refractivity contribution >= 4 is 0 Å². The smallest absolute Gasteiger partial charge is 0.0780 e. The van der Waals surface area contributed by atoms with Crippen molar-refractivity contribution in [3.05, 3.63) is 0 Å². The van der Waals surface area contributed by atoms with Crippen LogP contribution >= 0.6 is 0 Å². The molecule has 0 rings (SSSR count). The van der Waals surface area contributed by atoms with Gasteiger partial charge in [0.2, 0.25) is 0 Å². The molecule has 0 aliphatic rings. The van der Waals surface area contributed by atoms with Crippen molar-refractivity contribution in [2.45, 2.75) is 226 Å². The maximum absolute atomic E-state index is 8.93. The second kappa shape index (κ2) is 45.2. The van der Waals surface area contributed by atoms with Crippen LogP contribution in [0.1, 0.15) is 226 Å². The SMILES string of the molecule is CCCCCCCCCCCCCCCCCC[N+](C)(C)C.CCCCCCCCCCCCCCCCCC[N+](C)(C)C.CC[O-].[Cl-]. The Labute approximate surface area is 313 Å².